The van der Waals surface area contributed by atoms with Gasteiger partial charge in [-0.2, -0.15) is 0 Å². The van der Waals surface area contributed by atoms with Crippen LogP contribution in [0.3, 0.4) is 0 Å². The Labute approximate surface area is 244 Å². The average molecular weight is 593 g/mol. The monoisotopic (exact) mass is 592 g/mol. The third kappa shape index (κ3) is 9.21. The lowest BCUT2D eigenvalue weighted by Crippen LogP contribution is -2.53. The van der Waals surface area contributed by atoms with Gasteiger partial charge < -0.3 is 29.1 Å². The van der Waals surface area contributed by atoms with Gasteiger partial charge in [-0.25, -0.2) is 9.59 Å². The number of carbonyl (C=O) groups excluding carboxylic acids is 8. The van der Waals surface area contributed by atoms with Crippen LogP contribution in [0.15, 0.2) is 12.2 Å². The molecule has 4 amide bonds. The van der Waals surface area contributed by atoms with Gasteiger partial charge >= 0.3 is 11.9 Å². The summed E-state index contributed by atoms with van der Waals surface area (Å²) in [5.41, 5.74) is -2.68. The third-order valence-corrected chi connectivity index (χ3v) is 7.15. The van der Waals surface area contributed by atoms with Gasteiger partial charge in [0.2, 0.25) is 23.4 Å². The minimum Gasteiger partial charge on any atom is -0.461 e. The molecule has 0 radical (unpaired) electrons. The number of nitrogens with zero attached hydrogens (tertiary/aromatic N) is 4. The van der Waals surface area contributed by atoms with E-state index >= 15 is 0 Å². The van der Waals surface area contributed by atoms with Gasteiger partial charge in [0.05, 0.1) is 10.8 Å². The summed E-state index contributed by atoms with van der Waals surface area (Å²) < 4.78 is 10.1. The molecule has 0 aromatic rings. The van der Waals surface area contributed by atoms with Crippen molar-refractivity contribution in [1.82, 2.24) is 19.6 Å². The summed E-state index contributed by atoms with van der Waals surface area (Å²) in [7, 11) is 0. The van der Waals surface area contributed by atoms with Crippen molar-refractivity contribution in [3.63, 3.8) is 0 Å². The number of amides is 4. The fraction of sp³-hybridized carbons (Fsp3) is 0.643. The van der Waals surface area contributed by atoms with E-state index in [0.717, 1.165) is 12.2 Å². The van der Waals surface area contributed by atoms with Crippen molar-refractivity contribution >= 4 is 47.1 Å². The van der Waals surface area contributed by atoms with Gasteiger partial charge in [0.25, 0.3) is 11.8 Å². The molecule has 0 atom stereocenters. The van der Waals surface area contributed by atoms with Crippen LogP contribution in [-0.4, -0.2) is 132 Å². The van der Waals surface area contributed by atoms with Crippen molar-refractivity contribution in [2.24, 2.45) is 10.8 Å². The minimum atomic E-state index is -1.34. The Bertz CT molecular complexity index is 1060. The highest BCUT2D eigenvalue weighted by Gasteiger charge is 2.39. The third-order valence-electron chi connectivity index (χ3n) is 7.15. The molecule has 0 bridgehead atoms. The largest absolute Gasteiger partial charge is 0.461 e. The number of ketones is 2. The molecule has 0 unspecified atom stereocenters. The van der Waals surface area contributed by atoms with Crippen LogP contribution in [0.2, 0.25) is 0 Å². The van der Waals surface area contributed by atoms with E-state index in [1.54, 1.807) is 9.80 Å². The molecular formula is C28H40N4O10. The quantitative estimate of drug-likeness (QED) is 0.178. The first-order chi connectivity index (χ1) is 19.5. The van der Waals surface area contributed by atoms with Crippen molar-refractivity contribution < 1.29 is 47.8 Å². The lowest BCUT2D eigenvalue weighted by Gasteiger charge is -2.35. The molecule has 2 heterocycles. The Hall–Kier alpha value is -4.10. The van der Waals surface area contributed by atoms with Gasteiger partial charge in [0.15, 0.2) is 0 Å². The summed E-state index contributed by atoms with van der Waals surface area (Å²) in [5, 5.41) is 0. The molecule has 2 saturated heterocycles. The lowest BCUT2D eigenvalue weighted by atomic mass is 9.88. The van der Waals surface area contributed by atoms with Crippen LogP contribution in [0.5, 0.6) is 0 Å². The summed E-state index contributed by atoms with van der Waals surface area (Å²) in [6.07, 6.45) is 1.58. The topological polar surface area (TPSA) is 168 Å². The zero-order valence-electron chi connectivity index (χ0n) is 25.1. The number of esters is 2. The van der Waals surface area contributed by atoms with E-state index in [0.29, 0.717) is 26.2 Å². The first-order valence-corrected chi connectivity index (χ1v) is 13.7. The molecule has 14 nitrogen and oxygen atoms in total. The number of rotatable bonds is 10. The Morgan fingerprint density at radius 3 is 1.05 bits per heavy atom. The molecule has 2 aliphatic rings. The van der Waals surface area contributed by atoms with Gasteiger partial charge in [-0.1, -0.05) is 0 Å². The fourth-order valence-corrected chi connectivity index (χ4v) is 4.18. The second-order valence-electron chi connectivity index (χ2n) is 11.6. The van der Waals surface area contributed by atoms with Crippen molar-refractivity contribution in [2.75, 3.05) is 65.6 Å². The Kier molecular flexibility index (Phi) is 11.5. The molecule has 42 heavy (non-hydrogen) atoms. The van der Waals surface area contributed by atoms with Gasteiger partial charge in [0.1, 0.15) is 13.2 Å². The predicted molar refractivity (Wildman–Crippen MR) is 146 cm³/mol. The standard InChI is InChI=1S/C28H40N4O10/c1-19(33)29-9-13-31(14-10-29)25(39)23(37)27(3,4)17-41-21(35)7-8-22(36)42-18-28(5,6)24(38)26(40)32-15-11-30(12-16-32)20(2)34/h7-8H,9-18H2,1-6H3/b8-7+. The minimum absolute atomic E-state index is 0.109. The number of Topliss-reactive ketones (excluding diaryl/α,β-unsaturated/α-hetero) is 2. The highest BCUT2D eigenvalue weighted by molar-refractivity contribution is 6.38. The first kappa shape index (κ1) is 34.1. The second-order valence-corrected chi connectivity index (χ2v) is 11.6. The SMILES string of the molecule is CC(=O)N1CCN(C(=O)C(=O)C(C)(C)COC(=O)/C=C/C(=O)OCC(C)(C)C(=O)C(=O)N2CCN(C(C)=O)CC2)CC1. The molecule has 14 heteroatoms. The molecule has 232 valence electrons. The zero-order chi connectivity index (χ0) is 31.8. The summed E-state index contributed by atoms with van der Waals surface area (Å²) in [5.74, 6) is -5.09. The van der Waals surface area contributed by atoms with Crippen molar-refractivity contribution in [1.29, 1.82) is 0 Å². The highest BCUT2D eigenvalue weighted by atomic mass is 16.5. The van der Waals surface area contributed by atoms with Gasteiger partial charge in [-0.15, -0.1) is 0 Å². The number of hydrogen-bond acceptors (Lipinski definition) is 10. The van der Waals surface area contributed by atoms with Crippen LogP contribution in [0.1, 0.15) is 41.5 Å². The van der Waals surface area contributed by atoms with Gasteiger partial charge in [0, 0.05) is 78.4 Å². The Morgan fingerprint density at radius 1 is 0.524 bits per heavy atom. The van der Waals surface area contributed by atoms with Crippen LogP contribution < -0.4 is 0 Å². The molecule has 2 rings (SSSR count). The summed E-state index contributed by atoms with van der Waals surface area (Å²) in [6.45, 7) is 10.0. The smallest absolute Gasteiger partial charge is 0.331 e. The zero-order valence-corrected chi connectivity index (χ0v) is 25.1. The maximum atomic E-state index is 12.8. The molecular weight excluding hydrogens is 552 g/mol. The van der Waals surface area contributed by atoms with E-state index in [2.05, 4.69) is 0 Å². The van der Waals surface area contributed by atoms with Crippen LogP contribution in [0, 0.1) is 10.8 Å². The van der Waals surface area contributed by atoms with E-state index in [1.165, 1.54) is 51.3 Å². The number of piperazine rings is 2. The van der Waals surface area contributed by atoms with E-state index in [1.807, 2.05) is 0 Å². The van der Waals surface area contributed by atoms with Crippen molar-refractivity contribution in [2.45, 2.75) is 41.5 Å². The second kappa shape index (κ2) is 14.2. The normalized spacial score (nSPS) is 16.2. The van der Waals surface area contributed by atoms with Crippen molar-refractivity contribution in [3.8, 4) is 0 Å². The number of ether oxygens (including phenoxy) is 2. The van der Waals surface area contributed by atoms with Crippen LogP contribution in [-0.2, 0) is 47.8 Å². The maximum Gasteiger partial charge on any atom is 0.331 e. The number of hydrogen-bond donors (Lipinski definition) is 0. The molecule has 2 aliphatic heterocycles. The van der Waals surface area contributed by atoms with E-state index in [9.17, 15) is 38.4 Å². The van der Waals surface area contributed by atoms with Crippen molar-refractivity contribution in [3.05, 3.63) is 12.2 Å². The highest BCUT2D eigenvalue weighted by Crippen LogP contribution is 2.21. The molecule has 2 fully saturated rings. The predicted octanol–water partition coefficient (Wildman–Crippen LogP) is -0.799. The number of carbonyl (C=O) groups is 8. The molecule has 0 aromatic heterocycles. The molecule has 0 aliphatic carbocycles. The average Bonchev–Trinajstić information content (AvgIpc) is 2.96. The Morgan fingerprint density at radius 2 is 0.786 bits per heavy atom. The molecule has 0 saturated carbocycles. The first-order valence-electron chi connectivity index (χ1n) is 13.7. The maximum absolute atomic E-state index is 12.8. The van der Waals surface area contributed by atoms with Crippen LogP contribution in [0.4, 0.5) is 0 Å². The van der Waals surface area contributed by atoms with Crippen LogP contribution >= 0.6 is 0 Å². The van der Waals surface area contributed by atoms with E-state index in [4.69, 9.17) is 9.47 Å². The lowest BCUT2D eigenvalue weighted by molar-refractivity contribution is -0.155. The molecule has 0 aromatic carbocycles. The summed E-state index contributed by atoms with van der Waals surface area (Å²) in [4.78, 5) is 104. The van der Waals surface area contributed by atoms with Gasteiger partial charge in [-0.05, 0) is 27.7 Å². The summed E-state index contributed by atoms with van der Waals surface area (Å²) >= 11 is 0. The van der Waals surface area contributed by atoms with Crippen LogP contribution in [0.25, 0.3) is 0 Å². The fourth-order valence-electron chi connectivity index (χ4n) is 4.18. The Balaban J connectivity index is 1.79. The van der Waals surface area contributed by atoms with E-state index < -0.39 is 59.4 Å². The van der Waals surface area contributed by atoms with Gasteiger partial charge in [-0.3, -0.25) is 28.8 Å². The molecule has 0 spiro atoms. The van der Waals surface area contributed by atoms with E-state index in [-0.39, 0.29) is 38.0 Å². The summed E-state index contributed by atoms with van der Waals surface area (Å²) in [6, 6.07) is 0. The molecule has 0 N–H and O–H groups in total.